The Morgan fingerprint density at radius 2 is 1.70 bits per heavy atom. The first-order valence-corrected chi connectivity index (χ1v) is 13.2. The Kier molecular flexibility index (Phi) is 8.13. The minimum Gasteiger partial charge on any atom is -0.477 e. The van der Waals surface area contributed by atoms with Gasteiger partial charge in [0.05, 0.1) is 6.26 Å². The number of amides is 1. The molecule has 1 aliphatic heterocycles. The predicted molar refractivity (Wildman–Crippen MR) is 136 cm³/mol. The summed E-state index contributed by atoms with van der Waals surface area (Å²) in [4.78, 5) is 10.2. The number of nitrogens with two attached hydrogens (primary N) is 2. The van der Waals surface area contributed by atoms with Crippen molar-refractivity contribution in [1.29, 1.82) is 0 Å². The Labute approximate surface area is 213 Å². The molecule has 7 N–H and O–H groups in total. The summed E-state index contributed by atoms with van der Waals surface area (Å²) in [6.45, 7) is 0. The van der Waals surface area contributed by atoms with Crippen LogP contribution in [0.1, 0.15) is 17.5 Å². The lowest BCUT2D eigenvalue weighted by Gasteiger charge is -2.25. The summed E-state index contributed by atoms with van der Waals surface area (Å²) in [5.41, 5.74) is 12.8. The first-order chi connectivity index (χ1) is 17.4. The smallest absolute Gasteiger partial charge is 0.304 e. The molecule has 2 aromatic rings. The molecule has 2 atom stereocenters. The molecule has 0 fully saturated rings. The molecule has 0 unspecified atom stereocenters. The van der Waals surface area contributed by atoms with Gasteiger partial charge in [0.1, 0.15) is 5.25 Å². The molecule has 0 bridgehead atoms. The van der Waals surface area contributed by atoms with Gasteiger partial charge in [-0.1, -0.05) is 23.8 Å². The number of carbonyl (C=O) groups excluding carboxylic acids is 1. The number of anilines is 2. The van der Waals surface area contributed by atoms with E-state index < -0.39 is 37.3 Å². The molecule has 2 aromatic carbocycles. The average molecular weight is 542 g/mol. The number of hydrogen-bond donors (Lipinski definition) is 5. The van der Waals surface area contributed by atoms with Gasteiger partial charge in [0.15, 0.2) is 0 Å². The van der Waals surface area contributed by atoms with Gasteiger partial charge in [-0.05, 0) is 47.4 Å². The molecule has 0 saturated heterocycles. The van der Waals surface area contributed by atoms with Gasteiger partial charge in [0.25, 0.3) is 10.1 Å². The van der Waals surface area contributed by atoms with E-state index in [9.17, 15) is 30.7 Å². The van der Waals surface area contributed by atoms with E-state index in [1.807, 2.05) is 0 Å². The van der Waals surface area contributed by atoms with Crippen LogP contribution < -0.4 is 16.8 Å². The first-order valence-electron chi connectivity index (χ1n) is 10.2. The van der Waals surface area contributed by atoms with Crippen molar-refractivity contribution in [2.45, 2.75) is 17.1 Å². The summed E-state index contributed by atoms with van der Waals surface area (Å²) in [6.07, 6.45) is 0.807. The van der Waals surface area contributed by atoms with Crippen LogP contribution in [0.15, 0.2) is 48.2 Å². The maximum absolute atomic E-state index is 11.7. The Morgan fingerprint density at radius 3 is 2.38 bits per heavy atom. The van der Waals surface area contributed by atoms with Gasteiger partial charge in [-0.25, -0.2) is 0 Å². The van der Waals surface area contributed by atoms with Gasteiger partial charge in [0.2, 0.25) is 11.8 Å². The van der Waals surface area contributed by atoms with Crippen molar-refractivity contribution >= 4 is 38.0 Å². The fourth-order valence-electron chi connectivity index (χ4n) is 3.33. The standard InChI is InChI=1S/C24H19N3O8S2/c25-20-6-7-22(19-9-16(10-21(26)13-19)3-1-2-8-27-15-28)18(12-20)5-4-17-11-23(36(29,30)31)24(35-14-17)37(32,33)34/h6-7,9-10,12-15,23-24H,11,25-26H2,(H,27,28)(H,29,30,31)(H,32,33,34)/t23-,24-/m1/s1. The van der Waals surface area contributed by atoms with Crippen molar-refractivity contribution in [2.24, 2.45) is 0 Å². The first kappa shape index (κ1) is 27.1. The van der Waals surface area contributed by atoms with Crippen molar-refractivity contribution in [1.82, 2.24) is 5.32 Å². The van der Waals surface area contributed by atoms with E-state index in [4.69, 9.17) is 16.2 Å². The second kappa shape index (κ2) is 11.1. The Bertz CT molecular complexity index is 1680. The fraction of sp³-hybridized carbons (Fsp3) is 0.125. The third-order valence-corrected chi connectivity index (χ3v) is 7.25. The highest BCUT2D eigenvalue weighted by Crippen LogP contribution is 2.29. The summed E-state index contributed by atoms with van der Waals surface area (Å²) in [6, 6.07) is 12.3. The molecule has 1 amide bonds. The van der Waals surface area contributed by atoms with Crippen LogP contribution in [-0.2, 0) is 29.8 Å². The van der Waals surface area contributed by atoms with Gasteiger partial charge in [-0.3, -0.25) is 19.2 Å². The van der Waals surface area contributed by atoms with Crippen LogP contribution >= 0.6 is 0 Å². The van der Waals surface area contributed by atoms with Gasteiger partial charge in [0, 0.05) is 46.5 Å². The number of hydrogen-bond acceptors (Lipinski definition) is 8. The van der Waals surface area contributed by atoms with Crippen LogP contribution in [0, 0.1) is 35.6 Å². The van der Waals surface area contributed by atoms with Gasteiger partial charge in [-0.2, -0.15) is 16.8 Å². The number of allylic oxidation sites excluding steroid dienone is 1. The van der Waals surface area contributed by atoms with Crippen LogP contribution in [0.2, 0.25) is 0 Å². The normalized spacial score (nSPS) is 16.8. The number of benzene rings is 2. The molecule has 0 aliphatic carbocycles. The second-order valence-corrected chi connectivity index (χ2v) is 10.7. The molecule has 37 heavy (non-hydrogen) atoms. The maximum Gasteiger partial charge on any atom is 0.304 e. The zero-order valence-corrected chi connectivity index (χ0v) is 20.4. The van der Waals surface area contributed by atoms with E-state index in [0.717, 1.165) is 6.26 Å². The van der Waals surface area contributed by atoms with Crippen LogP contribution in [0.5, 0.6) is 0 Å². The van der Waals surface area contributed by atoms with Crippen molar-refractivity contribution < 1.29 is 35.5 Å². The second-order valence-electron chi connectivity index (χ2n) is 7.58. The lowest BCUT2D eigenvalue weighted by atomic mass is 9.96. The van der Waals surface area contributed by atoms with E-state index in [-0.39, 0.29) is 5.57 Å². The van der Waals surface area contributed by atoms with Crippen molar-refractivity contribution in [3.63, 3.8) is 0 Å². The molecule has 1 heterocycles. The van der Waals surface area contributed by atoms with Gasteiger partial charge in [-0.15, -0.1) is 0 Å². The lowest BCUT2D eigenvalue weighted by Crippen LogP contribution is -2.42. The summed E-state index contributed by atoms with van der Waals surface area (Å²) in [5, 5.41) is 0.184. The SMILES string of the molecule is Nc1cc(C#CC#CNC=O)cc(-c2ccc(N)cc2C#CC2=CO[C@H](S(=O)(=O)O)[C@H](S(=O)(=O)O)C2)c1. The largest absolute Gasteiger partial charge is 0.477 e. The average Bonchev–Trinajstić information content (AvgIpc) is 2.81. The summed E-state index contributed by atoms with van der Waals surface area (Å²) in [7, 11) is -9.84. The Morgan fingerprint density at radius 1 is 0.946 bits per heavy atom. The third-order valence-electron chi connectivity index (χ3n) is 4.88. The Balaban J connectivity index is 2.01. The molecule has 0 aromatic heterocycles. The number of nitrogen functional groups attached to an aromatic ring is 2. The van der Waals surface area contributed by atoms with Crippen LogP contribution in [-0.4, -0.2) is 43.0 Å². The molecule has 0 radical (unpaired) electrons. The van der Waals surface area contributed by atoms with Gasteiger partial charge < -0.3 is 16.2 Å². The van der Waals surface area contributed by atoms with Crippen LogP contribution in [0.4, 0.5) is 11.4 Å². The lowest BCUT2D eigenvalue weighted by molar-refractivity contribution is -0.108. The van der Waals surface area contributed by atoms with Crippen molar-refractivity contribution in [3.8, 4) is 46.8 Å². The highest BCUT2D eigenvalue weighted by molar-refractivity contribution is 7.90. The van der Waals surface area contributed by atoms with E-state index in [1.165, 1.54) is 0 Å². The number of rotatable bonds is 4. The van der Waals surface area contributed by atoms with Crippen LogP contribution in [0.25, 0.3) is 11.1 Å². The Hall–Kier alpha value is -4.45. The molecule has 11 nitrogen and oxygen atoms in total. The predicted octanol–water partition coefficient (Wildman–Crippen LogP) is 0.702. The highest BCUT2D eigenvalue weighted by atomic mass is 32.2. The monoisotopic (exact) mass is 541 g/mol. The molecule has 0 spiro atoms. The van der Waals surface area contributed by atoms with E-state index in [2.05, 4.69) is 41.0 Å². The zero-order valence-electron chi connectivity index (χ0n) is 18.8. The molecule has 3 rings (SSSR count). The molecule has 13 heteroatoms. The highest BCUT2D eigenvalue weighted by Gasteiger charge is 2.44. The minimum absolute atomic E-state index is 0.0533. The van der Waals surface area contributed by atoms with Crippen LogP contribution in [0.3, 0.4) is 0 Å². The third kappa shape index (κ3) is 7.27. The number of nitrogens with one attached hydrogen (secondary N) is 1. The summed E-state index contributed by atoms with van der Waals surface area (Å²) >= 11 is 0. The van der Waals surface area contributed by atoms with Crippen molar-refractivity contribution in [3.05, 3.63) is 59.4 Å². The van der Waals surface area contributed by atoms with E-state index in [1.54, 1.807) is 36.4 Å². The molecule has 190 valence electrons. The summed E-state index contributed by atoms with van der Waals surface area (Å²) < 4.78 is 69.9. The van der Waals surface area contributed by atoms with E-state index in [0.29, 0.717) is 40.0 Å². The molecule has 1 aliphatic rings. The molecular weight excluding hydrogens is 522 g/mol. The minimum atomic E-state index is -4.94. The summed E-state index contributed by atoms with van der Waals surface area (Å²) in [5.74, 6) is 13.4. The molecule has 0 saturated carbocycles. The van der Waals surface area contributed by atoms with Crippen molar-refractivity contribution in [2.75, 3.05) is 11.5 Å². The number of carbonyl (C=O) groups is 1. The topological polar surface area (TPSA) is 199 Å². The van der Waals surface area contributed by atoms with Gasteiger partial charge >= 0.3 is 10.1 Å². The fourth-order valence-corrected chi connectivity index (χ4v) is 5.58. The maximum atomic E-state index is 11.7. The van der Waals surface area contributed by atoms with E-state index >= 15 is 0 Å². The number of ether oxygens (including phenoxy) is 1. The quantitative estimate of drug-likeness (QED) is 0.121. The molecular formula is C24H19N3O8S2. The zero-order chi connectivity index (χ0) is 27.2.